The fraction of sp³-hybridized carbons (Fsp3) is 0.550. The van der Waals surface area contributed by atoms with E-state index in [1.807, 2.05) is 6.07 Å². The van der Waals surface area contributed by atoms with Crippen LogP contribution in [0.5, 0.6) is 5.75 Å². The first-order chi connectivity index (χ1) is 14.6. The van der Waals surface area contributed by atoms with Crippen molar-refractivity contribution in [1.29, 1.82) is 0 Å². The third kappa shape index (κ3) is 3.71. The van der Waals surface area contributed by atoms with Crippen LogP contribution in [-0.2, 0) is 4.74 Å². The fourth-order valence-electron chi connectivity index (χ4n) is 4.39. The number of halogens is 2. The third-order valence-electron chi connectivity index (χ3n) is 5.96. The number of rotatable bonds is 5. The highest BCUT2D eigenvalue weighted by atomic mass is 19.3. The molecule has 4 saturated heterocycles. The highest BCUT2D eigenvalue weighted by Gasteiger charge is 2.36. The van der Waals surface area contributed by atoms with Crippen molar-refractivity contribution in [2.24, 2.45) is 0 Å². The van der Waals surface area contributed by atoms with Gasteiger partial charge >= 0.3 is 6.61 Å². The van der Waals surface area contributed by atoms with Gasteiger partial charge in [0, 0.05) is 37.5 Å². The number of hydrogen-bond acceptors (Lipinski definition) is 8. The first kappa shape index (κ1) is 19.2. The highest BCUT2D eigenvalue weighted by molar-refractivity contribution is 5.68. The molecule has 0 unspecified atom stereocenters. The molecule has 0 amide bonds. The second kappa shape index (κ2) is 7.82. The largest absolute Gasteiger partial charge is 0.431 e. The van der Waals surface area contributed by atoms with Crippen LogP contribution in [-0.4, -0.2) is 60.0 Å². The molecule has 30 heavy (non-hydrogen) atoms. The van der Waals surface area contributed by atoms with Crippen LogP contribution in [0.15, 0.2) is 18.3 Å². The molecule has 8 nitrogen and oxygen atoms in total. The highest BCUT2D eigenvalue weighted by Crippen LogP contribution is 2.34. The van der Waals surface area contributed by atoms with Gasteiger partial charge in [0.05, 0.1) is 24.4 Å². The van der Waals surface area contributed by atoms with Gasteiger partial charge in [0.1, 0.15) is 5.82 Å². The van der Waals surface area contributed by atoms with Crippen LogP contribution in [0.1, 0.15) is 25.7 Å². The molecule has 10 heteroatoms. The summed E-state index contributed by atoms with van der Waals surface area (Å²) in [5.41, 5.74) is 6.87. The Morgan fingerprint density at radius 3 is 2.67 bits per heavy atom. The molecule has 4 fully saturated rings. The minimum atomic E-state index is -2.98. The molecule has 2 bridgehead atoms. The van der Waals surface area contributed by atoms with Crippen molar-refractivity contribution in [1.82, 2.24) is 15.0 Å². The van der Waals surface area contributed by atoms with Gasteiger partial charge in [-0.05, 0) is 31.7 Å². The molecule has 6 rings (SSSR count). The number of hydrogen-bond donors (Lipinski definition) is 1. The lowest BCUT2D eigenvalue weighted by molar-refractivity contribution is -0.0494. The number of nitrogens with two attached hydrogens (primary N) is 1. The Morgan fingerprint density at radius 2 is 2.00 bits per heavy atom. The Morgan fingerprint density at radius 1 is 1.17 bits per heavy atom. The maximum absolute atomic E-state index is 12.7. The van der Waals surface area contributed by atoms with Crippen molar-refractivity contribution in [2.45, 2.75) is 44.4 Å². The fourth-order valence-corrected chi connectivity index (χ4v) is 4.39. The van der Waals surface area contributed by atoms with Crippen molar-refractivity contribution in [3.8, 4) is 17.0 Å². The summed E-state index contributed by atoms with van der Waals surface area (Å²) in [6.07, 6.45) is 6.07. The molecule has 0 aromatic carbocycles. The zero-order valence-electron chi connectivity index (χ0n) is 16.5. The minimum absolute atomic E-state index is 0.0846. The molecule has 6 heterocycles. The minimum Gasteiger partial charge on any atom is -0.431 e. The van der Waals surface area contributed by atoms with Gasteiger partial charge in [-0.15, -0.1) is 0 Å². The zero-order chi connectivity index (χ0) is 20.7. The molecule has 2 N–H and O–H groups in total. The van der Waals surface area contributed by atoms with E-state index in [0.717, 1.165) is 51.1 Å². The van der Waals surface area contributed by atoms with Gasteiger partial charge in [0.25, 0.3) is 0 Å². The Balaban J connectivity index is 1.55. The molecule has 0 aliphatic carbocycles. The molecule has 0 radical (unpaired) electrons. The molecular weight excluding hydrogens is 394 g/mol. The molecule has 160 valence electrons. The molecule has 0 saturated carbocycles. The Hall–Kier alpha value is -2.75. The predicted octanol–water partition coefficient (Wildman–Crippen LogP) is 2.69. The number of alkyl halides is 2. The number of piperidine rings is 1. The van der Waals surface area contributed by atoms with Gasteiger partial charge in [0.2, 0.25) is 5.95 Å². The summed E-state index contributed by atoms with van der Waals surface area (Å²) < 4.78 is 35.8. The first-order valence-electron chi connectivity index (χ1n) is 10.3. The van der Waals surface area contributed by atoms with Gasteiger partial charge in [-0.25, -0.2) is 9.97 Å². The van der Waals surface area contributed by atoms with Crippen LogP contribution in [0.25, 0.3) is 11.3 Å². The normalized spacial score (nSPS) is 23.4. The maximum Gasteiger partial charge on any atom is 0.387 e. The molecule has 2 atom stereocenters. The quantitative estimate of drug-likeness (QED) is 0.793. The van der Waals surface area contributed by atoms with Gasteiger partial charge in [-0.1, -0.05) is 0 Å². The van der Waals surface area contributed by atoms with Crippen molar-refractivity contribution in [3.63, 3.8) is 0 Å². The van der Waals surface area contributed by atoms with E-state index in [0.29, 0.717) is 23.8 Å². The molecule has 2 aromatic heterocycles. The van der Waals surface area contributed by atoms with Crippen LogP contribution in [0.2, 0.25) is 0 Å². The van der Waals surface area contributed by atoms with Gasteiger partial charge in [-0.2, -0.15) is 13.8 Å². The summed E-state index contributed by atoms with van der Waals surface area (Å²) in [5.74, 6) is 1.23. The number of pyridine rings is 1. The lowest BCUT2D eigenvalue weighted by Gasteiger charge is -2.45. The van der Waals surface area contributed by atoms with Crippen LogP contribution >= 0.6 is 0 Å². The summed E-state index contributed by atoms with van der Waals surface area (Å²) in [4.78, 5) is 18.1. The lowest BCUT2D eigenvalue weighted by Crippen LogP contribution is -2.55. The van der Waals surface area contributed by atoms with E-state index in [-0.39, 0.29) is 23.7 Å². The molecular formula is C20H24F2N6O2. The SMILES string of the molecule is Nc1ncc(-c2cc(N3C[C@@H]4CC[C@H]3CO4)nc(N3CCCC3)n2)cc1OC(F)F. The van der Waals surface area contributed by atoms with E-state index >= 15 is 0 Å². The number of ether oxygens (including phenoxy) is 2. The van der Waals surface area contributed by atoms with E-state index in [9.17, 15) is 8.78 Å². The standard InChI is InChI=1S/C20H24F2N6O2/c21-19(22)30-16-7-12(9-24-18(16)23)15-8-17(26-20(25-15)27-5-1-2-6-27)28-10-14-4-3-13(28)11-29-14/h7-9,13-14,19H,1-6,10-11H2,(H2,23,24)/t13-,14-/m0/s1. The maximum atomic E-state index is 12.7. The van der Waals surface area contributed by atoms with Crippen molar-refractivity contribution in [3.05, 3.63) is 18.3 Å². The van der Waals surface area contributed by atoms with E-state index in [2.05, 4.69) is 19.5 Å². The van der Waals surface area contributed by atoms with E-state index in [1.54, 1.807) is 0 Å². The number of aromatic nitrogens is 3. The monoisotopic (exact) mass is 418 g/mol. The second-order valence-corrected chi connectivity index (χ2v) is 7.93. The van der Waals surface area contributed by atoms with Crippen LogP contribution in [0.4, 0.5) is 26.4 Å². The number of morpholine rings is 1. The van der Waals surface area contributed by atoms with Crippen LogP contribution in [0, 0.1) is 0 Å². The summed E-state index contributed by atoms with van der Waals surface area (Å²) in [5, 5.41) is 0. The first-order valence-corrected chi connectivity index (χ1v) is 10.3. The number of nitrogen functional groups attached to an aromatic ring is 1. The summed E-state index contributed by atoms with van der Waals surface area (Å²) in [7, 11) is 0. The second-order valence-electron chi connectivity index (χ2n) is 7.93. The Kier molecular flexibility index (Phi) is 5.01. The van der Waals surface area contributed by atoms with Gasteiger partial charge in [-0.3, -0.25) is 0 Å². The van der Waals surface area contributed by atoms with E-state index in [4.69, 9.17) is 20.4 Å². The van der Waals surface area contributed by atoms with Crippen molar-refractivity contribution >= 4 is 17.6 Å². The smallest absolute Gasteiger partial charge is 0.387 e. The van der Waals surface area contributed by atoms with E-state index < -0.39 is 6.61 Å². The lowest BCUT2D eigenvalue weighted by atomic mass is 9.97. The average Bonchev–Trinajstić information content (AvgIpc) is 3.30. The summed E-state index contributed by atoms with van der Waals surface area (Å²) in [6, 6.07) is 3.63. The summed E-state index contributed by atoms with van der Waals surface area (Å²) in [6.45, 7) is 0.309. The molecule has 4 aliphatic rings. The van der Waals surface area contributed by atoms with Crippen molar-refractivity contribution < 1.29 is 18.3 Å². The predicted molar refractivity (Wildman–Crippen MR) is 108 cm³/mol. The molecule has 2 aromatic rings. The van der Waals surface area contributed by atoms with Gasteiger partial charge in [0.15, 0.2) is 11.6 Å². The van der Waals surface area contributed by atoms with Crippen LogP contribution in [0.3, 0.4) is 0 Å². The average molecular weight is 418 g/mol. The molecule has 4 aliphatic heterocycles. The van der Waals surface area contributed by atoms with Gasteiger partial charge < -0.3 is 25.0 Å². The third-order valence-corrected chi connectivity index (χ3v) is 5.96. The van der Waals surface area contributed by atoms with E-state index in [1.165, 1.54) is 12.3 Å². The molecule has 0 spiro atoms. The zero-order valence-corrected chi connectivity index (χ0v) is 16.5. The topological polar surface area (TPSA) is 89.6 Å². The van der Waals surface area contributed by atoms with Crippen LogP contribution < -0.4 is 20.3 Å². The van der Waals surface area contributed by atoms with Crippen molar-refractivity contribution in [2.75, 3.05) is 41.8 Å². The Labute approximate surface area is 173 Å². The number of nitrogens with zero attached hydrogens (tertiary/aromatic N) is 5. The number of fused-ring (bicyclic) bond motifs is 3. The summed E-state index contributed by atoms with van der Waals surface area (Å²) >= 11 is 0. The number of anilines is 3. The Bertz CT molecular complexity index is 916.